The molecule has 188 valence electrons. The Labute approximate surface area is 225 Å². The zero-order chi connectivity index (χ0) is 26.3. The molecule has 0 radical (unpaired) electrons. The van der Waals surface area contributed by atoms with Crippen molar-refractivity contribution in [2.75, 3.05) is 6.54 Å². The number of Topliss-reactive ketones (excluding diaryl/α,β-unsaturated/α-hetero) is 1. The molecule has 4 aromatic rings. The van der Waals surface area contributed by atoms with Crippen LogP contribution in [0.25, 0.3) is 16.7 Å². The van der Waals surface area contributed by atoms with E-state index >= 15 is 0 Å². The fraction of sp³-hybridized carbons (Fsp3) is 0.226. The summed E-state index contributed by atoms with van der Waals surface area (Å²) in [5.41, 5.74) is 4.64. The van der Waals surface area contributed by atoms with Crippen molar-refractivity contribution < 1.29 is 14.7 Å². The minimum absolute atomic E-state index is 0.0346. The highest BCUT2D eigenvalue weighted by Crippen LogP contribution is 2.40. The van der Waals surface area contributed by atoms with Gasteiger partial charge in [-0.25, -0.2) is 0 Å². The average molecular weight is 557 g/mol. The molecule has 1 aromatic heterocycles. The fourth-order valence-electron chi connectivity index (χ4n) is 4.97. The van der Waals surface area contributed by atoms with Crippen LogP contribution in [0.1, 0.15) is 49.1 Å². The van der Waals surface area contributed by atoms with E-state index in [2.05, 4.69) is 41.7 Å². The molecule has 0 bridgehead atoms. The average Bonchev–Trinajstić information content (AvgIpc) is 3.41. The van der Waals surface area contributed by atoms with Gasteiger partial charge < -0.3 is 15.0 Å². The molecule has 1 fully saturated rings. The van der Waals surface area contributed by atoms with Crippen LogP contribution in [0.5, 0.6) is 0 Å². The summed E-state index contributed by atoms with van der Waals surface area (Å²) in [6.07, 6.45) is 2.53. The standard InChI is InChI=1S/C31H29BrN2O3/c1-31(2,3)22-12-8-19(9-13-22)27-26(28(35)20-10-14-23(32)15-11-20)29(36)30(37)34(27)17-16-21-18-33-25-7-5-4-6-24(21)25/h4-15,18,27,33,35H,16-17H2,1-3H3/b28-26-. The van der Waals surface area contributed by atoms with Crippen molar-refractivity contribution in [3.8, 4) is 0 Å². The third-order valence-corrected chi connectivity index (χ3v) is 7.58. The van der Waals surface area contributed by atoms with Gasteiger partial charge in [0.15, 0.2) is 0 Å². The predicted molar refractivity (Wildman–Crippen MR) is 150 cm³/mol. The van der Waals surface area contributed by atoms with Crippen molar-refractivity contribution >= 4 is 44.3 Å². The Morgan fingerprint density at radius 2 is 1.65 bits per heavy atom. The number of nitrogens with one attached hydrogen (secondary N) is 1. The first kappa shape index (κ1) is 25.0. The highest BCUT2D eigenvalue weighted by atomic mass is 79.9. The monoisotopic (exact) mass is 556 g/mol. The summed E-state index contributed by atoms with van der Waals surface area (Å²) in [5, 5.41) is 12.4. The Balaban J connectivity index is 1.57. The van der Waals surface area contributed by atoms with Gasteiger partial charge in [0.05, 0.1) is 11.6 Å². The van der Waals surface area contributed by atoms with E-state index in [1.165, 1.54) is 0 Å². The van der Waals surface area contributed by atoms with E-state index in [1.54, 1.807) is 29.2 Å². The van der Waals surface area contributed by atoms with Crippen molar-refractivity contribution in [1.29, 1.82) is 0 Å². The molecule has 1 aliphatic heterocycles. The van der Waals surface area contributed by atoms with Gasteiger partial charge in [-0.15, -0.1) is 0 Å². The highest BCUT2D eigenvalue weighted by molar-refractivity contribution is 9.10. The Morgan fingerprint density at radius 1 is 0.973 bits per heavy atom. The summed E-state index contributed by atoms with van der Waals surface area (Å²) in [6, 6.07) is 22.4. The molecule has 0 saturated carbocycles. The number of halogens is 1. The maximum atomic E-state index is 13.4. The number of likely N-dealkylation sites (tertiary alicyclic amines) is 1. The number of benzene rings is 3. The van der Waals surface area contributed by atoms with Gasteiger partial charge in [0.25, 0.3) is 11.7 Å². The van der Waals surface area contributed by atoms with Gasteiger partial charge in [-0.05, 0) is 46.7 Å². The van der Waals surface area contributed by atoms with Crippen LogP contribution in [0.2, 0.25) is 0 Å². The van der Waals surface area contributed by atoms with Crippen LogP contribution in [0, 0.1) is 0 Å². The molecule has 6 heteroatoms. The number of aromatic nitrogens is 1. The molecular formula is C31H29BrN2O3. The summed E-state index contributed by atoms with van der Waals surface area (Å²) in [5.74, 6) is -1.42. The van der Waals surface area contributed by atoms with E-state index in [1.807, 2.05) is 54.7 Å². The SMILES string of the molecule is CC(C)(C)c1ccc(C2/C(=C(/O)c3ccc(Br)cc3)C(=O)C(=O)N2CCc2c[nH]c3ccccc23)cc1. The number of para-hydroxylation sites is 1. The van der Waals surface area contributed by atoms with E-state index < -0.39 is 17.7 Å². The van der Waals surface area contributed by atoms with Gasteiger partial charge in [0.1, 0.15) is 5.76 Å². The normalized spacial score (nSPS) is 17.6. The number of H-pyrrole nitrogens is 1. The number of fused-ring (bicyclic) bond motifs is 1. The molecule has 2 N–H and O–H groups in total. The molecule has 1 aliphatic rings. The maximum absolute atomic E-state index is 13.4. The number of aliphatic hydroxyl groups excluding tert-OH is 1. The lowest BCUT2D eigenvalue weighted by Gasteiger charge is -2.26. The second-order valence-corrected chi connectivity index (χ2v) is 11.4. The van der Waals surface area contributed by atoms with Gasteiger partial charge in [0, 0.05) is 33.7 Å². The Kier molecular flexibility index (Phi) is 6.54. The fourth-order valence-corrected chi connectivity index (χ4v) is 5.23. The molecule has 5 rings (SSSR count). The van der Waals surface area contributed by atoms with Crippen molar-refractivity contribution in [3.63, 3.8) is 0 Å². The Morgan fingerprint density at radius 3 is 2.32 bits per heavy atom. The van der Waals surface area contributed by atoms with Crippen LogP contribution < -0.4 is 0 Å². The minimum atomic E-state index is -0.678. The Bertz CT molecular complexity index is 1510. The van der Waals surface area contributed by atoms with Crippen LogP contribution in [0.4, 0.5) is 0 Å². The van der Waals surface area contributed by atoms with Crippen molar-refractivity contribution in [3.05, 3.63) is 111 Å². The molecule has 37 heavy (non-hydrogen) atoms. The highest BCUT2D eigenvalue weighted by Gasteiger charge is 2.46. The van der Waals surface area contributed by atoms with Gasteiger partial charge in [-0.3, -0.25) is 9.59 Å². The van der Waals surface area contributed by atoms with Crippen LogP contribution in [-0.2, 0) is 21.4 Å². The minimum Gasteiger partial charge on any atom is -0.507 e. The number of aromatic amines is 1. The molecule has 0 aliphatic carbocycles. The molecule has 2 heterocycles. The van der Waals surface area contributed by atoms with Crippen molar-refractivity contribution in [2.45, 2.75) is 38.6 Å². The number of carbonyl (C=O) groups excluding carboxylic acids is 2. The third kappa shape index (κ3) is 4.74. The number of hydrogen-bond donors (Lipinski definition) is 2. The molecule has 3 aromatic carbocycles. The van der Waals surface area contributed by atoms with Crippen LogP contribution in [0.3, 0.4) is 0 Å². The van der Waals surface area contributed by atoms with E-state index in [0.29, 0.717) is 18.5 Å². The van der Waals surface area contributed by atoms with E-state index in [0.717, 1.165) is 32.1 Å². The summed E-state index contributed by atoms with van der Waals surface area (Å²) in [4.78, 5) is 31.6. The molecule has 1 saturated heterocycles. The quantitative estimate of drug-likeness (QED) is 0.159. The lowest BCUT2D eigenvalue weighted by atomic mass is 9.85. The first-order valence-corrected chi connectivity index (χ1v) is 13.1. The first-order valence-electron chi connectivity index (χ1n) is 12.3. The van der Waals surface area contributed by atoms with Crippen LogP contribution in [0.15, 0.2) is 89.0 Å². The number of rotatable bonds is 5. The summed E-state index contributed by atoms with van der Waals surface area (Å²) >= 11 is 3.41. The topological polar surface area (TPSA) is 73.4 Å². The van der Waals surface area contributed by atoms with Crippen LogP contribution in [-0.4, -0.2) is 33.2 Å². The van der Waals surface area contributed by atoms with E-state index in [9.17, 15) is 14.7 Å². The molecular weight excluding hydrogens is 528 g/mol. The molecule has 5 nitrogen and oxygen atoms in total. The van der Waals surface area contributed by atoms with Crippen molar-refractivity contribution in [1.82, 2.24) is 9.88 Å². The van der Waals surface area contributed by atoms with Gasteiger partial charge in [-0.2, -0.15) is 0 Å². The number of aliphatic hydroxyl groups is 1. The van der Waals surface area contributed by atoms with Crippen LogP contribution >= 0.6 is 15.9 Å². The molecule has 1 unspecified atom stereocenters. The third-order valence-electron chi connectivity index (χ3n) is 7.05. The smallest absolute Gasteiger partial charge is 0.295 e. The van der Waals surface area contributed by atoms with E-state index in [4.69, 9.17) is 0 Å². The number of carbonyl (C=O) groups is 2. The molecule has 0 spiro atoms. The second-order valence-electron chi connectivity index (χ2n) is 10.5. The number of hydrogen-bond acceptors (Lipinski definition) is 3. The maximum Gasteiger partial charge on any atom is 0.295 e. The summed E-state index contributed by atoms with van der Waals surface area (Å²) < 4.78 is 0.859. The largest absolute Gasteiger partial charge is 0.507 e. The Hall–Kier alpha value is -3.64. The lowest BCUT2D eigenvalue weighted by molar-refractivity contribution is -0.139. The van der Waals surface area contributed by atoms with Gasteiger partial charge in [0.2, 0.25) is 0 Å². The number of nitrogens with zero attached hydrogens (tertiary/aromatic N) is 1. The molecule has 1 atom stereocenters. The summed E-state index contributed by atoms with van der Waals surface area (Å²) in [6.45, 7) is 6.77. The van der Waals surface area contributed by atoms with Gasteiger partial charge >= 0.3 is 0 Å². The first-order chi connectivity index (χ1) is 17.6. The van der Waals surface area contributed by atoms with Crippen molar-refractivity contribution in [2.24, 2.45) is 0 Å². The van der Waals surface area contributed by atoms with Gasteiger partial charge in [-0.1, -0.05) is 91.3 Å². The van der Waals surface area contributed by atoms with E-state index in [-0.39, 0.29) is 16.7 Å². The zero-order valence-corrected chi connectivity index (χ0v) is 22.7. The second kappa shape index (κ2) is 9.67. The number of amides is 1. The predicted octanol–water partition coefficient (Wildman–Crippen LogP) is 6.89. The summed E-state index contributed by atoms with van der Waals surface area (Å²) in [7, 11) is 0. The molecule has 1 amide bonds. The number of ketones is 1. The lowest BCUT2D eigenvalue weighted by Crippen LogP contribution is -2.31. The zero-order valence-electron chi connectivity index (χ0n) is 21.1.